The van der Waals surface area contributed by atoms with Crippen molar-refractivity contribution >= 4 is 15.2 Å². The van der Waals surface area contributed by atoms with Crippen LogP contribution in [0, 0.1) is 5.82 Å². The van der Waals surface area contributed by atoms with Crippen molar-refractivity contribution in [3.8, 4) is 0 Å². The molecule has 2 heterocycles. The maximum absolute atomic E-state index is 13.3. The fraction of sp³-hybridized carbons (Fsp3) is 0.600. The number of nitrogens with one attached hydrogen (secondary N) is 1. The van der Waals surface area contributed by atoms with Gasteiger partial charge in [0.1, 0.15) is 12.3 Å². The third kappa shape index (κ3) is 7.34. The zero-order chi connectivity index (χ0) is 20.8. The number of aromatic nitrogens is 2. The Morgan fingerprint density at radius 2 is 1.80 bits per heavy atom. The van der Waals surface area contributed by atoms with Crippen molar-refractivity contribution in [2.75, 3.05) is 6.61 Å². The molecule has 2 rings (SSSR count). The summed E-state index contributed by atoms with van der Waals surface area (Å²) >= 11 is 0. The van der Waals surface area contributed by atoms with Gasteiger partial charge in [0.25, 0.3) is 5.56 Å². The number of hydrogen-bond donors (Lipinski definition) is 2. The molecule has 1 saturated heterocycles. The minimum atomic E-state index is -6.90. The molecule has 0 saturated carbocycles. The van der Waals surface area contributed by atoms with Crippen LogP contribution in [0.1, 0.15) is 12.6 Å². The summed E-state index contributed by atoms with van der Waals surface area (Å²) in [6.07, 6.45) is -4.70. The van der Waals surface area contributed by atoms with E-state index in [0.29, 0.717) is 10.8 Å². The van der Waals surface area contributed by atoms with Gasteiger partial charge < -0.3 is 38.2 Å². The van der Waals surface area contributed by atoms with Gasteiger partial charge in [-0.05, 0) is 0 Å². The monoisotopic (exact) mass is 506 g/mol. The fourth-order valence-corrected chi connectivity index (χ4v) is 3.98. The Kier molecular flexibility index (Phi) is 14.0. The van der Waals surface area contributed by atoms with Gasteiger partial charge in [0.15, 0.2) is 0 Å². The molecule has 12 nitrogen and oxygen atoms in total. The number of halogens is 3. The Balaban J connectivity index is 0. The van der Waals surface area contributed by atoms with Gasteiger partial charge in [0.05, 0.1) is 18.9 Å². The summed E-state index contributed by atoms with van der Waals surface area (Å²) in [5, 5.41) is 4.02. The quantitative estimate of drug-likeness (QED) is 0.276. The second-order valence-corrected chi connectivity index (χ2v) is 9.10. The first-order chi connectivity index (χ1) is 12.2. The molecule has 1 aromatic heterocycles. The summed E-state index contributed by atoms with van der Waals surface area (Å²) in [5.74, 6) is -1.38. The van der Waals surface area contributed by atoms with Crippen LogP contribution in [0.2, 0.25) is 0 Å². The van der Waals surface area contributed by atoms with E-state index in [1.54, 1.807) is 4.98 Å². The molecule has 1 unspecified atom stereocenters. The standard InChI is InChI=1S/C10H13F3N2O10P2.3Na/c11-4-2-15(9(18)14-8(4)17)7-1-5(16)6(25-7)3-24-27(22,23)10(12,13)26(19,20)21;;;/h2,5-7,16H,1,3H2,(H,22,23)(H,14,17,18)(H2,19,20,21);;;/q;3*+1/p-3/t5-,6+,7+;;;/m0.../s1. The molecule has 0 spiro atoms. The summed E-state index contributed by atoms with van der Waals surface area (Å²) < 4.78 is 70.5. The van der Waals surface area contributed by atoms with E-state index in [1.165, 1.54) is 0 Å². The molecule has 1 fully saturated rings. The van der Waals surface area contributed by atoms with Crippen molar-refractivity contribution in [1.29, 1.82) is 0 Å². The van der Waals surface area contributed by atoms with Gasteiger partial charge in [-0.1, -0.05) is 0 Å². The number of hydrogen-bond acceptors (Lipinski definition) is 10. The van der Waals surface area contributed by atoms with Crippen LogP contribution in [0.25, 0.3) is 0 Å². The van der Waals surface area contributed by atoms with Crippen molar-refractivity contribution in [2.24, 2.45) is 0 Å². The molecule has 0 amide bonds. The molecule has 1 aliphatic rings. The van der Waals surface area contributed by atoms with Crippen LogP contribution in [-0.2, 0) is 18.4 Å². The molecule has 30 heavy (non-hydrogen) atoms. The predicted octanol–water partition coefficient (Wildman–Crippen LogP) is -11.6. The first-order valence-corrected chi connectivity index (χ1v) is 9.96. The zero-order valence-electron chi connectivity index (χ0n) is 15.8. The first-order valence-electron chi connectivity index (χ1n) is 6.87. The number of H-pyrrole nitrogens is 1. The minimum absolute atomic E-state index is 0. The third-order valence-electron chi connectivity index (χ3n) is 3.51. The molecule has 154 valence electrons. The average Bonchev–Trinajstić information content (AvgIpc) is 2.88. The third-order valence-corrected chi connectivity index (χ3v) is 6.78. The Bertz CT molecular complexity index is 941. The van der Waals surface area contributed by atoms with Crippen LogP contribution >= 0.6 is 15.2 Å². The van der Waals surface area contributed by atoms with Gasteiger partial charge in [-0.15, -0.1) is 0 Å². The maximum Gasteiger partial charge on any atom is 1.00 e. The van der Waals surface area contributed by atoms with Crippen LogP contribution in [-0.4, -0.2) is 38.9 Å². The minimum Gasteiger partial charge on any atom is -0.806 e. The smallest absolute Gasteiger partial charge is 0.806 e. The number of alkyl halides is 2. The number of nitrogens with zero attached hydrogens (tertiary/aromatic N) is 1. The van der Waals surface area contributed by atoms with E-state index in [4.69, 9.17) is 4.74 Å². The molecule has 2 N–H and O–H groups in total. The molecular weight excluding hydrogens is 496 g/mol. The Morgan fingerprint density at radius 1 is 1.27 bits per heavy atom. The summed E-state index contributed by atoms with van der Waals surface area (Å²) in [6, 6.07) is 0. The second-order valence-electron chi connectivity index (χ2n) is 5.38. The fourth-order valence-electron chi connectivity index (χ4n) is 2.11. The van der Waals surface area contributed by atoms with Gasteiger partial charge >= 0.3 is 99.8 Å². The summed E-state index contributed by atoms with van der Waals surface area (Å²) in [5.41, 5.74) is -2.47. The normalized spacial score (nSPS) is 23.5. The van der Waals surface area contributed by atoms with E-state index >= 15 is 0 Å². The van der Waals surface area contributed by atoms with E-state index in [2.05, 4.69) is 4.52 Å². The summed E-state index contributed by atoms with van der Waals surface area (Å²) in [6.45, 7) is -1.32. The summed E-state index contributed by atoms with van der Waals surface area (Å²) in [4.78, 5) is 56.2. The Labute approximate surface area is 232 Å². The molecule has 4 atom stereocenters. The van der Waals surface area contributed by atoms with E-state index in [1.807, 2.05) is 0 Å². The molecule has 0 aliphatic carbocycles. The first kappa shape index (κ1) is 33.9. The topological polar surface area (TPSA) is 197 Å². The number of aromatic amines is 1. The van der Waals surface area contributed by atoms with Crippen molar-refractivity contribution in [3.05, 3.63) is 32.9 Å². The SMILES string of the molecule is O=c1[nH]c(=O)n([C@H]2C[C@H](O)[C@@H](COP(=O)([O-])C(F)(F)P(=O)([O-])[O-])O2)cc1F.[Na+].[Na+].[Na+]. The van der Waals surface area contributed by atoms with E-state index in [0.717, 1.165) is 0 Å². The molecule has 0 bridgehead atoms. The molecule has 0 radical (unpaired) electrons. The van der Waals surface area contributed by atoms with Crippen molar-refractivity contribution in [3.63, 3.8) is 0 Å². The van der Waals surface area contributed by atoms with Crippen molar-refractivity contribution in [1.82, 2.24) is 9.55 Å². The van der Waals surface area contributed by atoms with Crippen LogP contribution in [0.4, 0.5) is 13.2 Å². The Hall–Kier alpha value is 1.69. The van der Waals surface area contributed by atoms with Crippen molar-refractivity contribution < 1.29 is 140 Å². The van der Waals surface area contributed by atoms with Crippen LogP contribution < -0.4 is 115 Å². The number of aliphatic hydroxyl groups excluding tert-OH is 1. The van der Waals surface area contributed by atoms with Gasteiger partial charge in [-0.2, -0.15) is 13.2 Å². The van der Waals surface area contributed by atoms with Gasteiger partial charge in [-0.3, -0.25) is 14.3 Å². The Morgan fingerprint density at radius 3 is 2.30 bits per heavy atom. The number of rotatable bonds is 6. The largest absolute Gasteiger partial charge is 1.00 e. The summed E-state index contributed by atoms with van der Waals surface area (Å²) in [7, 11) is -13.5. The molecule has 1 aliphatic heterocycles. The molecule has 1 aromatic rings. The van der Waals surface area contributed by atoms with Crippen LogP contribution in [0.3, 0.4) is 0 Å². The van der Waals surface area contributed by atoms with E-state index in [9.17, 15) is 51.7 Å². The van der Waals surface area contributed by atoms with E-state index < -0.39 is 69.1 Å². The average molecular weight is 506 g/mol. The zero-order valence-corrected chi connectivity index (χ0v) is 23.6. The maximum atomic E-state index is 13.3. The predicted molar refractivity (Wildman–Crippen MR) is 71.9 cm³/mol. The van der Waals surface area contributed by atoms with Crippen molar-refractivity contribution in [2.45, 2.75) is 30.3 Å². The van der Waals surface area contributed by atoms with Crippen LogP contribution in [0.5, 0.6) is 0 Å². The van der Waals surface area contributed by atoms with Gasteiger partial charge in [0, 0.05) is 14.0 Å². The molecule has 20 heteroatoms. The molecular formula is C10H10F3N2Na3O10P2. The van der Waals surface area contributed by atoms with Gasteiger partial charge in [0.2, 0.25) is 13.4 Å². The molecule has 0 aromatic carbocycles. The second kappa shape index (κ2) is 12.4. The van der Waals surface area contributed by atoms with Gasteiger partial charge in [-0.25, -0.2) is 4.79 Å². The van der Waals surface area contributed by atoms with E-state index in [-0.39, 0.29) is 88.7 Å². The van der Waals surface area contributed by atoms with Crippen LogP contribution in [0.15, 0.2) is 15.8 Å². The number of ether oxygens (including phenoxy) is 1. The number of aliphatic hydroxyl groups is 1.